The van der Waals surface area contributed by atoms with Gasteiger partial charge in [-0.05, 0) is 71.6 Å². The van der Waals surface area contributed by atoms with Gasteiger partial charge in [0.2, 0.25) is 5.91 Å². The molecule has 2 aromatic carbocycles. The number of halogens is 1. The highest BCUT2D eigenvalue weighted by Gasteiger charge is 2.40. The fourth-order valence-corrected chi connectivity index (χ4v) is 6.44. The fraction of sp³-hybridized carbons (Fsp3) is 0.345. The van der Waals surface area contributed by atoms with Crippen molar-refractivity contribution in [1.82, 2.24) is 9.80 Å². The van der Waals surface area contributed by atoms with Gasteiger partial charge in [-0.1, -0.05) is 6.07 Å². The molecule has 0 bridgehead atoms. The van der Waals surface area contributed by atoms with Gasteiger partial charge in [0, 0.05) is 45.0 Å². The van der Waals surface area contributed by atoms with E-state index in [1.54, 1.807) is 18.2 Å². The van der Waals surface area contributed by atoms with E-state index in [-0.39, 0.29) is 36.0 Å². The molecule has 1 unspecified atom stereocenters. The highest BCUT2D eigenvalue weighted by Crippen LogP contribution is 2.35. The van der Waals surface area contributed by atoms with E-state index in [1.807, 2.05) is 33.9 Å². The monoisotopic (exact) mass is 532 g/mol. The molecule has 4 heterocycles. The van der Waals surface area contributed by atoms with Gasteiger partial charge in [0.15, 0.2) is 0 Å². The van der Waals surface area contributed by atoms with Crippen LogP contribution in [0, 0.1) is 11.7 Å². The summed E-state index contributed by atoms with van der Waals surface area (Å²) in [7, 11) is 0. The molecule has 1 atom stereocenters. The average Bonchev–Trinajstić information content (AvgIpc) is 3.56. The van der Waals surface area contributed by atoms with Gasteiger partial charge in [0.25, 0.3) is 11.8 Å². The number of hydrogen-bond acceptors (Lipinski definition) is 6. The Morgan fingerprint density at radius 3 is 2.45 bits per heavy atom. The topological polar surface area (TPSA) is 64.2 Å². The summed E-state index contributed by atoms with van der Waals surface area (Å²) in [4.78, 5) is 47.5. The highest BCUT2D eigenvalue weighted by molar-refractivity contribution is 7.07. The zero-order valence-electron chi connectivity index (χ0n) is 21.0. The van der Waals surface area contributed by atoms with E-state index in [0.29, 0.717) is 43.9 Å². The normalized spacial score (nSPS) is 19.8. The second kappa shape index (κ2) is 10.2. The van der Waals surface area contributed by atoms with Crippen LogP contribution in [0.4, 0.5) is 15.8 Å². The van der Waals surface area contributed by atoms with Crippen LogP contribution in [0.3, 0.4) is 0 Å². The molecule has 196 valence electrons. The summed E-state index contributed by atoms with van der Waals surface area (Å²) in [6, 6.07) is 13.8. The van der Waals surface area contributed by atoms with Gasteiger partial charge in [0.1, 0.15) is 5.82 Å². The molecular weight excluding hydrogens is 503 g/mol. The maximum atomic E-state index is 13.5. The van der Waals surface area contributed by atoms with Gasteiger partial charge in [0.05, 0.1) is 29.3 Å². The molecular formula is C29H29FN4O3S. The third-order valence-corrected chi connectivity index (χ3v) is 8.52. The van der Waals surface area contributed by atoms with Crippen molar-refractivity contribution in [2.75, 3.05) is 49.1 Å². The Hall–Kier alpha value is -3.72. The van der Waals surface area contributed by atoms with E-state index in [0.717, 1.165) is 36.3 Å². The third kappa shape index (κ3) is 4.55. The number of piperazine rings is 1. The van der Waals surface area contributed by atoms with Crippen molar-refractivity contribution >= 4 is 40.4 Å². The first-order chi connectivity index (χ1) is 18.5. The summed E-state index contributed by atoms with van der Waals surface area (Å²) >= 11 is 1.54. The molecule has 6 rings (SSSR count). The molecule has 0 aliphatic carbocycles. The van der Waals surface area contributed by atoms with Gasteiger partial charge < -0.3 is 14.7 Å². The molecule has 0 spiro atoms. The second-order valence-electron chi connectivity index (χ2n) is 10.1. The average molecular weight is 533 g/mol. The molecule has 1 aromatic heterocycles. The molecule has 3 aliphatic heterocycles. The van der Waals surface area contributed by atoms with E-state index in [9.17, 15) is 18.8 Å². The lowest BCUT2D eigenvalue weighted by molar-refractivity contribution is -0.136. The predicted octanol–water partition coefficient (Wildman–Crippen LogP) is 4.25. The van der Waals surface area contributed by atoms with Crippen molar-refractivity contribution in [3.05, 3.63) is 81.8 Å². The molecule has 0 saturated carbocycles. The molecule has 7 nitrogen and oxygen atoms in total. The summed E-state index contributed by atoms with van der Waals surface area (Å²) in [5.41, 5.74) is 3.54. The molecule has 2 saturated heterocycles. The van der Waals surface area contributed by atoms with Gasteiger partial charge >= 0.3 is 0 Å². The van der Waals surface area contributed by atoms with Gasteiger partial charge in [-0.2, -0.15) is 11.3 Å². The van der Waals surface area contributed by atoms with Crippen LogP contribution in [0.15, 0.2) is 59.3 Å². The summed E-state index contributed by atoms with van der Waals surface area (Å²) in [6.07, 6.45) is 1.65. The maximum Gasteiger partial charge on any atom is 0.263 e. The first-order valence-corrected chi connectivity index (χ1v) is 14.0. The molecule has 9 heteroatoms. The molecule has 3 aliphatic rings. The van der Waals surface area contributed by atoms with E-state index in [4.69, 9.17) is 0 Å². The van der Waals surface area contributed by atoms with E-state index < -0.39 is 0 Å². The van der Waals surface area contributed by atoms with Crippen molar-refractivity contribution in [1.29, 1.82) is 0 Å². The number of carbonyl (C=O) groups excluding carboxylic acids is 3. The number of benzene rings is 2. The van der Waals surface area contributed by atoms with E-state index in [1.165, 1.54) is 28.4 Å². The number of rotatable bonds is 5. The number of amides is 3. The van der Waals surface area contributed by atoms with Crippen molar-refractivity contribution in [2.45, 2.75) is 19.4 Å². The van der Waals surface area contributed by atoms with Gasteiger partial charge in [-0.25, -0.2) is 4.39 Å². The summed E-state index contributed by atoms with van der Waals surface area (Å²) < 4.78 is 13.3. The molecule has 3 amide bonds. The minimum Gasteiger partial charge on any atom is -0.370 e. The summed E-state index contributed by atoms with van der Waals surface area (Å²) in [5.74, 6) is -0.804. The highest BCUT2D eigenvalue weighted by atomic mass is 32.1. The fourth-order valence-electron chi connectivity index (χ4n) is 5.78. The van der Waals surface area contributed by atoms with Crippen LogP contribution in [-0.2, 0) is 11.3 Å². The second-order valence-corrected chi connectivity index (χ2v) is 10.9. The molecule has 38 heavy (non-hydrogen) atoms. The largest absolute Gasteiger partial charge is 0.370 e. The minimum absolute atomic E-state index is 0.141. The van der Waals surface area contributed by atoms with Gasteiger partial charge in [-0.15, -0.1) is 0 Å². The van der Waals surface area contributed by atoms with Crippen LogP contribution in [0.25, 0.3) is 0 Å². The van der Waals surface area contributed by atoms with Crippen LogP contribution in [0.1, 0.15) is 39.1 Å². The zero-order chi connectivity index (χ0) is 26.2. The van der Waals surface area contributed by atoms with Gasteiger partial charge in [-0.3, -0.25) is 19.3 Å². The molecule has 2 fully saturated rings. The number of carbonyl (C=O) groups is 3. The third-order valence-electron chi connectivity index (χ3n) is 7.79. The Morgan fingerprint density at radius 1 is 0.921 bits per heavy atom. The quantitative estimate of drug-likeness (QED) is 0.460. The first kappa shape index (κ1) is 24.6. The summed E-state index contributed by atoms with van der Waals surface area (Å²) in [5, 5.41) is 3.89. The molecule has 3 aromatic rings. The van der Waals surface area contributed by atoms with Crippen LogP contribution in [0.5, 0.6) is 0 Å². The first-order valence-electron chi connectivity index (χ1n) is 13.0. The Bertz CT molecular complexity index is 1350. The minimum atomic E-state index is -0.267. The zero-order valence-corrected chi connectivity index (χ0v) is 21.8. The lowest BCUT2D eigenvalue weighted by atomic mass is 9.94. The van der Waals surface area contributed by atoms with Crippen molar-refractivity contribution < 1.29 is 18.8 Å². The SMILES string of the molecule is O=C(C1CCCN(c2cccc3c2C(=O)N(Cc2ccsc2)C3=O)C1)N1CCN(c2ccc(F)cc2)CC1. The number of piperidine rings is 1. The van der Waals surface area contributed by atoms with Crippen LogP contribution >= 0.6 is 11.3 Å². The summed E-state index contributed by atoms with van der Waals surface area (Å²) in [6.45, 7) is 4.19. The molecule has 0 N–H and O–H groups in total. The van der Waals surface area contributed by atoms with Crippen LogP contribution in [0.2, 0.25) is 0 Å². The number of thiophene rings is 1. The Balaban J connectivity index is 1.14. The van der Waals surface area contributed by atoms with Crippen LogP contribution < -0.4 is 9.80 Å². The lowest BCUT2D eigenvalue weighted by Crippen LogP contribution is -2.52. The lowest BCUT2D eigenvalue weighted by Gasteiger charge is -2.40. The standard InChI is InChI=1S/C29H29FN4O3S/c30-22-6-8-23(9-7-22)31-12-14-32(15-13-31)27(35)21-3-2-11-33(18-21)25-5-1-4-24-26(25)29(37)34(28(24)36)17-20-10-16-38-19-20/h1,4-10,16,19,21H,2-3,11-15,17-18H2. The smallest absolute Gasteiger partial charge is 0.263 e. The van der Waals surface area contributed by atoms with Crippen LogP contribution in [-0.4, -0.2) is 66.8 Å². The van der Waals surface area contributed by atoms with Crippen molar-refractivity contribution in [3.8, 4) is 0 Å². The number of anilines is 2. The maximum absolute atomic E-state index is 13.5. The van der Waals surface area contributed by atoms with E-state index in [2.05, 4.69) is 9.80 Å². The van der Waals surface area contributed by atoms with E-state index >= 15 is 0 Å². The number of hydrogen-bond donors (Lipinski definition) is 0. The Labute approximate surface area is 225 Å². The van der Waals surface area contributed by atoms with Crippen molar-refractivity contribution in [2.24, 2.45) is 5.92 Å². The Morgan fingerprint density at radius 2 is 1.71 bits per heavy atom. The molecule has 0 radical (unpaired) electrons. The van der Waals surface area contributed by atoms with Crippen molar-refractivity contribution in [3.63, 3.8) is 0 Å². The predicted molar refractivity (Wildman–Crippen MR) is 145 cm³/mol. The number of nitrogens with zero attached hydrogens (tertiary/aromatic N) is 4. The number of imide groups is 1. The Kier molecular flexibility index (Phi) is 6.61. The number of fused-ring (bicyclic) bond motifs is 1.